The molecule has 1 N–H and O–H groups in total. The topological polar surface area (TPSA) is 47.6 Å². The summed E-state index contributed by atoms with van der Waals surface area (Å²) in [5, 5.41) is 3.00. The number of aryl methyl sites for hydroxylation is 2. The van der Waals surface area contributed by atoms with Crippen molar-refractivity contribution in [2.45, 2.75) is 32.9 Å². The number of nitrogens with one attached hydrogen (secondary N) is 1. The maximum Gasteiger partial charge on any atom is 0.265 e. The SMILES string of the molecule is Cc1ccc([C@H](C)NC(=O)[C@H]2COc3ccccc3O2)cc1C. The second-order valence-corrected chi connectivity index (χ2v) is 5.94. The molecule has 4 nitrogen and oxygen atoms in total. The number of fused-ring (bicyclic) bond motifs is 1. The molecule has 0 bridgehead atoms. The van der Waals surface area contributed by atoms with E-state index in [2.05, 4.69) is 31.3 Å². The average molecular weight is 311 g/mol. The zero-order valence-electron chi connectivity index (χ0n) is 13.6. The van der Waals surface area contributed by atoms with E-state index in [-0.39, 0.29) is 18.6 Å². The van der Waals surface area contributed by atoms with Crippen molar-refractivity contribution in [2.75, 3.05) is 6.61 Å². The predicted molar refractivity (Wildman–Crippen MR) is 88.8 cm³/mol. The van der Waals surface area contributed by atoms with Crippen LogP contribution in [0.3, 0.4) is 0 Å². The van der Waals surface area contributed by atoms with Crippen molar-refractivity contribution < 1.29 is 14.3 Å². The molecular formula is C19H21NO3. The summed E-state index contributed by atoms with van der Waals surface area (Å²) in [6.45, 7) is 6.34. The monoisotopic (exact) mass is 311 g/mol. The minimum Gasteiger partial charge on any atom is -0.485 e. The third-order valence-corrected chi connectivity index (χ3v) is 4.19. The van der Waals surface area contributed by atoms with Crippen LogP contribution in [0, 0.1) is 13.8 Å². The lowest BCUT2D eigenvalue weighted by molar-refractivity contribution is -0.131. The van der Waals surface area contributed by atoms with E-state index >= 15 is 0 Å². The maximum atomic E-state index is 12.4. The number of benzene rings is 2. The number of hydrogen-bond acceptors (Lipinski definition) is 3. The van der Waals surface area contributed by atoms with Crippen LogP contribution in [0.5, 0.6) is 11.5 Å². The van der Waals surface area contributed by atoms with Crippen LogP contribution in [0.15, 0.2) is 42.5 Å². The maximum absolute atomic E-state index is 12.4. The van der Waals surface area contributed by atoms with Gasteiger partial charge in [0.25, 0.3) is 5.91 Å². The molecule has 1 aliphatic rings. The fourth-order valence-electron chi connectivity index (χ4n) is 2.57. The standard InChI is InChI=1S/C19H21NO3/c1-12-8-9-15(10-13(12)2)14(3)20-19(21)18-11-22-16-6-4-5-7-17(16)23-18/h4-10,14,18H,11H2,1-3H3,(H,20,21)/t14-,18+/m0/s1. The molecule has 0 radical (unpaired) electrons. The Balaban J connectivity index is 1.66. The quantitative estimate of drug-likeness (QED) is 0.946. The van der Waals surface area contributed by atoms with E-state index in [1.165, 1.54) is 11.1 Å². The Morgan fingerprint density at radius 3 is 2.61 bits per heavy atom. The summed E-state index contributed by atoms with van der Waals surface area (Å²) in [6.07, 6.45) is -0.626. The van der Waals surface area contributed by atoms with Crippen molar-refractivity contribution in [1.29, 1.82) is 0 Å². The Morgan fingerprint density at radius 1 is 1.13 bits per heavy atom. The van der Waals surface area contributed by atoms with Gasteiger partial charge in [0.05, 0.1) is 6.04 Å². The molecule has 3 rings (SSSR count). The molecule has 1 amide bonds. The molecule has 0 saturated heterocycles. The van der Waals surface area contributed by atoms with Crippen molar-refractivity contribution in [3.05, 3.63) is 59.2 Å². The van der Waals surface area contributed by atoms with E-state index < -0.39 is 6.10 Å². The van der Waals surface area contributed by atoms with Crippen molar-refractivity contribution in [3.8, 4) is 11.5 Å². The minimum atomic E-state index is -0.626. The van der Waals surface area contributed by atoms with Crippen molar-refractivity contribution in [3.63, 3.8) is 0 Å². The van der Waals surface area contributed by atoms with E-state index in [9.17, 15) is 4.79 Å². The number of carbonyl (C=O) groups excluding carboxylic acids is 1. The lowest BCUT2D eigenvalue weighted by Crippen LogP contribution is -2.44. The number of rotatable bonds is 3. The van der Waals surface area contributed by atoms with Crippen LogP contribution in [-0.4, -0.2) is 18.6 Å². The molecule has 120 valence electrons. The normalized spacial score (nSPS) is 17.4. The molecule has 0 aromatic heterocycles. The first-order valence-corrected chi connectivity index (χ1v) is 7.80. The molecule has 2 atom stereocenters. The van der Waals surface area contributed by atoms with E-state index in [4.69, 9.17) is 9.47 Å². The van der Waals surface area contributed by atoms with Crippen molar-refractivity contribution in [2.24, 2.45) is 0 Å². The predicted octanol–water partition coefficient (Wildman–Crippen LogP) is 3.32. The third-order valence-electron chi connectivity index (χ3n) is 4.19. The second kappa shape index (κ2) is 6.32. The Morgan fingerprint density at radius 2 is 1.87 bits per heavy atom. The smallest absolute Gasteiger partial charge is 0.265 e. The first-order valence-electron chi connectivity index (χ1n) is 7.80. The zero-order valence-corrected chi connectivity index (χ0v) is 13.6. The van der Waals surface area contributed by atoms with Gasteiger partial charge in [-0.05, 0) is 49.6 Å². The molecule has 23 heavy (non-hydrogen) atoms. The molecule has 2 aromatic rings. The van der Waals surface area contributed by atoms with Gasteiger partial charge in [-0.15, -0.1) is 0 Å². The highest BCUT2D eigenvalue weighted by Crippen LogP contribution is 2.31. The summed E-state index contributed by atoms with van der Waals surface area (Å²) in [7, 11) is 0. The van der Waals surface area contributed by atoms with Crippen LogP contribution < -0.4 is 14.8 Å². The van der Waals surface area contributed by atoms with E-state index in [1.807, 2.05) is 37.3 Å². The van der Waals surface area contributed by atoms with E-state index in [1.54, 1.807) is 0 Å². The van der Waals surface area contributed by atoms with Gasteiger partial charge in [0, 0.05) is 0 Å². The molecule has 1 aliphatic heterocycles. The Kier molecular flexibility index (Phi) is 4.24. The molecule has 0 fully saturated rings. The lowest BCUT2D eigenvalue weighted by atomic mass is 10.0. The Bertz CT molecular complexity index is 726. The fraction of sp³-hybridized carbons (Fsp3) is 0.316. The summed E-state index contributed by atoms with van der Waals surface area (Å²) in [4.78, 5) is 12.4. The summed E-state index contributed by atoms with van der Waals surface area (Å²) in [5.74, 6) is 1.13. The van der Waals surface area contributed by atoms with Gasteiger partial charge in [-0.1, -0.05) is 30.3 Å². The van der Waals surface area contributed by atoms with Crippen LogP contribution in [0.2, 0.25) is 0 Å². The van der Waals surface area contributed by atoms with Gasteiger partial charge in [-0.3, -0.25) is 4.79 Å². The minimum absolute atomic E-state index is 0.0810. The van der Waals surface area contributed by atoms with Crippen LogP contribution >= 0.6 is 0 Å². The van der Waals surface area contributed by atoms with Gasteiger partial charge < -0.3 is 14.8 Å². The summed E-state index contributed by atoms with van der Waals surface area (Å²) < 4.78 is 11.3. The molecule has 2 aromatic carbocycles. The molecule has 0 saturated carbocycles. The van der Waals surface area contributed by atoms with E-state index in [0.717, 1.165) is 5.56 Å². The first kappa shape index (κ1) is 15.4. The number of ether oxygens (including phenoxy) is 2. The average Bonchev–Trinajstić information content (AvgIpc) is 2.56. The van der Waals surface area contributed by atoms with Crippen molar-refractivity contribution in [1.82, 2.24) is 5.32 Å². The molecule has 0 unspecified atom stereocenters. The lowest BCUT2D eigenvalue weighted by Gasteiger charge is -2.27. The van der Waals surface area contributed by atoms with Gasteiger partial charge in [-0.2, -0.15) is 0 Å². The molecule has 0 aliphatic carbocycles. The molecule has 0 spiro atoms. The van der Waals surface area contributed by atoms with Crippen LogP contribution in [0.4, 0.5) is 0 Å². The Labute approximate surface area is 136 Å². The van der Waals surface area contributed by atoms with Crippen LogP contribution in [-0.2, 0) is 4.79 Å². The van der Waals surface area contributed by atoms with Gasteiger partial charge in [-0.25, -0.2) is 0 Å². The van der Waals surface area contributed by atoms with E-state index in [0.29, 0.717) is 11.5 Å². The number of hydrogen-bond donors (Lipinski definition) is 1. The number of para-hydroxylation sites is 2. The van der Waals surface area contributed by atoms with Gasteiger partial charge in [0.2, 0.25) is 6.10 Å². The van der Waals surface area contributed by atoms with Gasteiger partial charge in [0.15, 0.2) is 11.5 Å². The highest BCUT2D eigenvalue weighted by atomic mass is 16.6. The van der Waals surface area contributed by atoms with Crippen LogP contribution in [0.25, 0.3) is 0 Å². The summed E-state index contributed by atoms with van der Waals surface area (Å²) in [6, 6.07) is 13.5. The molecule has 4 heteroatoms. The summed E-state index contributed by atoms with van der Waals surface area (Å²) in [5.41, 5.74) is 3.54. The first-order chi connectivity index (χ1) is 11.0. The highest BCUT2D eigenvalue weighted by Gasteiger charge is 2.28. The van der Waals surface area contributed by atoms with Crippen LogP contribution in [0.1, 0.15) is 29.7 Å². The molecular weight excluding hydrogens is 290 g/mol. The largest absolute Gasteiger partial charge is 0.485 e. The van der Waals surface area contributed by atoms with Gasteiger partial charge in [0.1, 0.15) is 6.61 Å². The van der Waals surface area contributed by atoms with Gasteiger partial charge >= 0.3 is 0 Å². The van der Waals surface area contributed by atoms with Crippen molar-refractivity contribution >= 4 is 5.91 Å². The molecule has 1 heterocycles. The zero-order chi connectivity index (χ0) is 16.4. The Hall–Kier alpha value is -2.49. The second-order valence-electron chi connectivity index (χ2n) is 5.94. The highest BCUT2D eigenvalue weighted by molar-refractivity contribution is 5.82. The third kappa shape index (κ3) is 3.31. The fourth-order valence-corrected chi connectivity index (χ4v) is 2.57. The summed E-state index contributed by atoms with van der Waals surface area (Å²) >= 11 is 0. The number of amides is 1. The number of carbonyl (C=O) groups is 1.